The Morgan fingerprint density at radius 3 is 2.71 bits per heavy atom. The van der Waals surface area contributed by atoms with Crippen LogP contribution in [0.3, 0.4) is 0 Å². The van der Waals surface area contributed by atoms with Gasteiger partial charge in [-0.05, 0) is 38.8 Å². The third kappa shape index (κ3) is 7.56. The van der Waals surface area contributed by atoms with Crippen LogP contribution in [0.15, 0.2) is 29.3 Å². The van der Waals surface area contributed by atoms with Crippen LogP contribution < -0.4 is 20.7 Å². The zero-order valence-corrected chi connectivity index (χ0v) is 17.8. The van der Waals surface area contributed by atoms with E-state index in [0.29, 0.717) is 29.9 Å². The third-order valence-corrected chi connectivity index (χ3v) is 4.90. The highest BCUT2D eigenvalue weighted by atomic mass is 35.5. The molecule has 1 saturated heterocycles. The number of piperidine rings is 1. The molecule has 1 atom stereocenters. The quantitative estimate of drug-likeness (QED) is 0.451. The largest absolute Gasteiger partial charge is 0.487 e. The Labute approximate surface area is 172 Å². The van der Waals surface area contributed by atoms with Crippen molar-refractivity contribution in [1.29, 1.82) is 0 Å². The van der Waals surface area contributed by atoms with E-state index in [0.717, 1.165) is 38.4 Å². The Hall–Kier alpha value is -1.99. The molecule has 156 valence electrons. The molecule has 0 spiro atoms. The first-order valence-electron chi connectivity index (χ1n) is 9.90. The van der Waals surface area contributed by atoms with Gasteiger partial charge >= 0.3 is 0 Å². The molecule has 1 aromatic rings. The van der Waals surface area contributed by atoms with Crippen LogP contribution in [0.1, 0.15) is 26.7 Å². The highest BCUT2D eigenvalue weighted by molar-refractivity contribution is 6.32. The fourth-order valence-corrected chi connectivity index (χ4v) is 3.23. The summed E-state index contributed by atoms with van der Waals surface area (Å²) in [6, 6.07) is 7.80. The van der Waals surface area contributed by atoms with E-state index in [1.165, 1.54) is 0 Å². The minimum absolute atomic E-state index is 0.0637. The topological polar surface area (TPSA) is 78.0 Å². The molecule has 7 nitrogen and oxygen atoms in total. The maximum atomic E-state index is 11.5. The lowest BCUT2D eigenvalue weighted by Gasteiger charge is -2.32. The van der Waals surface area contributed by atoms with E-state index >= 15 is 0 Å². The van der Waals surface area contributed by atoms with Gasteiger partial charge in [-0.3, -0.25) is 9.69 Å². The van der Waals surface area contributed by atoms with Crippen LogP contribution in [0.25, 0.3) is 0 Å². The Morgan fingerprint density at radius 1 is 1.36 bits per heavy atom. The first-order valence-corrected chi connectivity index (χ1v) is 10.3. The summed E-state index contributed by atoms with van der Waals surface area (Å²) in [6.07, 6.45) is 1.87. The molecule has 1 unspecified atom stereocenters. The Kier molecular flexibility index (Phi) is 9.37. The molecule has 1 fully saturated rings. The molecule has 1 aliphatic heterocycles. The van der Waals surface area contributed by atoms with Gasteiger partial charge in [-0.1, -0.05) is 23.7 Å². The van der Waals surface area contributed by atoms with Gasteiger partial charge in [0.25, 0.3) is 0 Å². The lowest BCUT2D eigenvalue weighted by atomic mass is 10.1. The summed E-state index contributed by atoms with van der Waals surface area (Å²) in [4.78, 5) is 18.4. The Balaban J connectivity index is 1.82. The van der Waals surface area contributed by atoms with Crippen LogP contribution in [0, 0.1) is 0 Å². The number of amides is 1. The minimum atomic E-state index is -0.0928. The number of guanidine groups is 1. The number of likely N-dealkylation sites (N-methyl/N-ethyl adjacent to an activating group) is 1. The molecule has 1 aliphatic rings. The zero-order valence-electron chi connectivity index (χ0n) is 17.0. The maximum absolute atomic E-state index is 11.5. The van der Waals surface area contributed by atoms with E-state index in [2.05, 4.69) is 25.8 Å². The van der Waals surface area contributed by atoms with E-state index in [9.17, 15) is 4.79 Å². The van der Waals surface area contributed by atoms with Crippen LogP contribution in [0.5, 0.6) is 5.75 Å². The van der Waals surface area contributed by atoms with Crippen LogP contribution >= 0.6 is 11.6 Å². The van der Waals surface area contributed by atoms with E-state index < -0.39 is 0 Å². The SMILES string of the molecule is CCNC(=NCC(C)Oc1ccccc1Cl)NC1CCN(CC(=O)NC)CC1. The lowest BCUT2D eigenvalue weighted by molar-refractivity contribution is -0.122. The molecule has 0 saturated carbocycles. The monoisotopic (exact) mass is 409 g/mol. The molecular formula is C20H32ClN5O2. The van der Waals surface area contributed by atoms with Crippen molar-refractivity contribution >= 4 is 23.5 Å². The molecular weight excluding hydrogens is 378 g/mol. The molecule has 0 radical (unpaired) electrons. The summed E-state index contributed by atoms with van der Waals surface area (Å²) < 4.78 is 5.89. The Bertz CT molecular complexity index is 647. The number of carbonyl (C=O) groups is 1. The fraction of sp³-hybridized carbons (Fsp3) is 0.600. The number of para-hydroxylation sites is 1. The van der Waals surface area contributed by atoms with Crippen molar-refractivity contribution in [3.8, 4) is 5.75 Å². The normalized spacial score (nSPS) is 17.1. The van der Waals surface area contributed by atoms with Crippen LogP contribution in [-0.4, -0.2) is 68.7 Å². The average molecular weight is 410 g/mol. The van der Waals surface area contributed by atoms with Crippen molar-refractivity contribution in [1.82, 2.24) is 20.9 Å². The highest BCUT2D eigenvalue weighted by Crippen LogP contribution is 2.24. The number of hydrogen-bond donors (Lipinski definition) is 3. The van der Waals surface area contributed by atoms with Gasteiger partial charge in [-0.2, -0.15) is 0 Å². The van der Waals surface area contributed by atoms with Gasteiger partial charge in [0.15, 0.2) is 5.96 Å². The second kappa shape index (κ2) is 11.8. The van der Waals surface area contributed by atoms with Gasteiger partial charge in [0, 0.05) is 32.7 Å². The summed E-state index contributed by atoms with van der Waals surface area (Å²) in [6.45, 7) is 7.61. The van der Waals surface area contributed by atoms with Crippen molar-refractivity contribution in [3.63, 3.8) is 0 Å². The van der Waals surface area contributed by atoms with Crippen molar-refractivity contribution in [2.75, 3.05) is 39.8 Å². The predicted molar refractivity (Wildman–Crippen MR) is 114 cm³/mol. The molecule has 3 N–H and O–H groups in total. The van der Waals surface area contributed by atoms with Crippen molar-refractivity contribution in [2.45, 2.75) is 38.8 Å². The molecule has 0 aliphatic carbocycles. The Morgan fingerprint density at radius 2 is 2.07 bits per heavy atom. The van der Waals surface area contributed by atoms with Crippen LogP contribution in [-0.2, 0) is 4.79 Å². The summed E-state index contributed by atoms with van der Waals surface area (Å²) in [7, 11) is 1.67. The number of nitrogens with zero attached hydrogens (tertiary/aromatic N) is 2. The average Bonchev–Trinajstić information content (AvgIpc) is 2.69. The molecule has 1 aromatic carbocycles. The smallest absolute Gasteiger partial charge is 0.233 e. The molecule has 1 amide bonds. The van der Waals surface area contributed by atoms with Crippen molar-refractivity contribution in [2.24, 2.45) is 4.99 Å². The number of nitrogens with one attached hydrogen (secondary N) is 3. The van der Waals surface area contributed by atoms with E-state index in [1.54, 1.807) is 7.05 Å². The van der Waals surface area contributed by atoms with Crippen molar-refractivity contribution in [3.05, 3.63) is 29.3 Å². The number of carbonyl (C=O) groups excluding carboxylic acids is 1. The molecule has 0 aromatic heterocycles. The number of halogens is 1. The lowest BCUT2D eigenvalue weighted by Crippen LogP contribution is -2.50. The number of aliphatic imine (C=N–C) groups is 1. The van der Waals surface area contributed by atoms with Gasteiger partial charge in [0.2, 0.25) is 5.91 Å². The summed E-state index contributed by atoms with van der Waals surface area (Å²) in [5.74, 6) is 1.53. The van der Waals surface area contributed by atoms with Gasteiger partial charge in [0.1, 0.15) is 11.9 Å². The maximum Gasteiger partial charge on any atom is 0.233 e. The van der Waals surface area contributed by atoms with E-state index in [4.69, 9.17) is 16.3 Å². The van der Waals surface area contributed by atoms with Gasteiger partial charge in [-0.25, -0.2) is 4.99 Å². The van der Waals surface area contributed by atoms with Crippen LogP contribution in [0.2, 0.25) is 5.02 Å². The zero-order chi connectivity index (χ0) is 20.4. The molecule has 1 heterocycles. The van der Waals surface area contributed by atoms with Crippen molar-refractivity contribution < 1.29 is 9.53 Å². The first kappa shape index (κ1) is 22.3. The fourth-order valence-electron chi connectivity index (χ4n) is 3.05. The van der Waals surface area contributed by atoms with Gasteiger partial charge < -0.3 is 20.7 Å². The number of rotatable bonds is 8. The summed E-state index contributed by atoms with van der Waals surface area (Å²) in [5.41, 5.74) is 0. The van der Waals surface area contributed by atoms with E-state index in [-0.39, 0.29) is 12.0 Å². The second-order valence-corrected chi connectivity index (χ2v) is 7.35. The third-order valence-electron chi connectivity index (χ3n) is 4.59. The second-order valence-electron chi connectivity index (χ2n) is 6.95. The molecule has 2 rings (SSSR count). The molecule has 8 heteroatoms. The number of likely N-dealkylation sites (tertiary alicyclic amines) is 1. The minimum Gasteiger partial charge on any atom is -0.487 e. The number of hydrogen-bond acceptors (Lipinski definition) is 4. The summed E-state index contributed by atoms with van der Waals surface area (Å²) >= 11 is 6.15. The first-order chi connectivity index (χ1) is 13.5. The molecule has 28 heavy (non-hydrogen) atoms. The van der Waals surface area contributed by atoms with Gasteiger partial charge in [-0.15, -0.1) is 0 Å². The van der Waals surface area contributed by atoms with Gasteiger partial charge in [0.05, 0.1) is 18.1 Å². The predicted octanol–water partition coefficient (Wildman–Crippen LogP) is 1.87. The number of benzene rings is 1. The van der Waals surface area contributed by atoms with Crippen LogP contribution in [0.4, 0.5) is 0 Å². The number of ether oxygens (including phenoxy) is 1. The highest BCUT2D eigenvalue weighted by Gasteiger charge is 2.21. The summed E-state index contributed by atoms with van der Waals surface area (Å²) in [5, 5.41) is 10.1. The molecule has 0 bridgehead atoms. The standard InChI is InChI=1S/C20H32ClN5O2/c1-4-23-20(24-13-15(2)28-18-8-6-5-7-17(18)21)25-16-9-11-26(12-10-16)14-19(27)22-3/h5-8,15-16H,4,9-14H2,1-3H3,(H,22,27)(H2,23,24,25). The van der Waals surface area contributed by atoms with E-state index in [1.807, 2.05) is 38.1 Å².